The van der Waals surface area contributed by atoms with Crippen molar-refractivity contribution < 1.29 is 23.0 Å². The van der Waals surface area contributed by atoms with Crippen molar-refractivity contribution in [2.24, 2.45) is 0 Å². The van der Waals surface area contributed by atoms with E-state index in [0.29, 0.717) is 28.8 Å². The van der Waals surface area contributed by atoms with E-state index in [9.17, 15) is 13.6 Å². The van der Waals surface area contributed by atoms with Crippen LogP contribution in [0.5, 0.6) is 5.75 Å². The third-order valence-corrected chi connectivity index (χ3v) is 4.57. The topological polar surface area (TPSA) is 47.6 Å². The van der Waals surface area contributed by atoms with Crippen LogP contribution < -0.4 is 10.1 Å². The molecule has 6 heteroatoms. The maximum atomic E-state index is 14.2. The summed E-state index contributed by atoms with van der Waals surface area (Å²) in [6.45, 7) is 3.88. The molecule has 130 valence electrons. The molecule has 2 aliphatic heterocycles. The molecule has 4 rings (SSSR count). The first-order valence-corrected chi connectivity index (χ1v) is 7.98. The first kappa shape index (κ1) is 16.0. The number of fused-ring (bicyclic) bond motifs is 5. The predicted octanol–water partition coefficient (Wildman–Crippen LogP) is 4.45. The zero-order valence-electron chi connectivity index (χ0n) is 14.1. The predicted molar refractivity (Wildman–Crippen MR) is 88.8 cm³/mol. The second-order valence-corrected chi connectivity index (χ2v) is 7.01. The number of anilines is 1. The minimum Gasteiger partial charge on any atom is -0.457 e. The molecular weight excluding hydrogens is 328 g/mol. The van der Waals surface area contributed by atoms with Crippen molar-refractivity contribution in [3.05, 3.63) is 47.0 Å². The highest BCUT2D eigenvalue weighted by Crippen LogP contribution is 2.48. The van der Waals surface area contributed by atoms with Gasteiger partial charge in [0.1, 0.15) is 5.82 Å². The number of carbonyl (C=O) groups excluding carboxylic acids is 1. The molecule has 0 spiro atoms. The molecular formula is C19H17F2NO3. The van der Waals surface area contributed by atoms with E-state index in [1.807, 2.05) is 13.8 Å². The minimum absolute atomic E-state index is 0.0541. The van der Waals surface area contributed by atoms with Crippen LogP contribution in [-0.2, 0) is 4.74 Å². The molecule has 2 aromatic carbocycles. The number of hydrogen-bond donors (Lipinski definition) is 1. The number of hydrogen-bond acceptors (Lipinski definition) is 4. The first-order valence-electron chi connectivity index (χ1n) is 7.98. The van der Waals surface area contributed by atoms with Gasteiger partial charge in [0.15, 0.2) is 17.3 Å². The van der Waals surface area contributed by atoms with Crippen LogP contribution in [0.3, 0.4) is 0 Å². The Balaban J connectivity index is 2.01. The smallest absolute Gasteiger partial charge is 0.228 e. The van der Waals surface area contributed by atoms with Crippen LogP contribution in [0.2, 0.25) is 0 Å². The van der Waals surface area contributed by atoms with E-state index < -0.39 is 17.9 Å². The third-order valence-electron chi connectivity index (χ3n) is 4.57. The van der Waals surface area contributed by atoms with Gasteiger partial charge in [0.25, 0.3) is 0 Å². The second kappa shape index (κ2) is 5.26. The molecule has 0 fully saturated rings. The van der Waals surface area contributed by atoms with E-state index >= 15 is 0 Å². The van der Waals surface area contributed by atoms with Crippen LogP contribution in [0.4, 0.5) is 14.5 Å². The van der Waals surface area contributed by atoms with Gasteiger partial charge in [-0.1, -0.05) is 6.07 Å². The SMILES string of the molecule is COC1Oc2c(F)cc(F)cc2-c2ccc3c(c21)C(=O)CC(C)(C)N3. The Labute approximate surface area is 143 Å². The number of ether oxygens (including phenoxy) is 2. The summed E-state index contributed by atoms with van der Waals surface area (Å²) in [6, 6.07) is 5.48. The summed E-state index contributed by atoms with van der Waals surface area (Å²) in [5.41, 5.74) is 2.09. The Morgan fingerprint density at radius 1 is 1.24 bits per heavy atom. The average molecular weight is 345 g/mol. The largest absolute Gasteiger partial charge is 0.457 e. The Bertz CT molecular complexity index is 908. The summed E-state index contributed by atoms with van der Waals surface area (Å²) in [4.78, 5) is 12.8. The van der Waals surface area contributed by atoms with E-state index in [2.05, 4.69) is 5.32 Å². The lowest BCUT2D eigenvalue weighted by Gasteiger charge is -2.37. The van der Waals surface area contributed by atoms with Crippen molar-refractivity contribution in [3.8, 4) is 16.9 Å². The number of halogens is 2. The summed E-state index contributed by atoms with van der Waals surface area (Å²) in [6.07, 6.45) is -0.638. The van der Waals surface area contributed by atoms with Gasteiger partial charge in [-0.25, -0.2) is 8.78 Å². The molecule has 0 radical (unpaired) electrons. The van der Waals surface area contributed by atoms with Crippen LogP contribution in [-0.4, -0.2) is 18.4 Å². The third kappa shape index (κ3) is 2.40. The minimum atomic E-state index is -0.940. The van der Waals surface area contributed by atoms with Crippen LogP contribution in [0.25, 0.3) is 11.1 Å². The number of nitrogens with one attached hydrogen (secondary N) is 1. The molecule has 0 saturated heterocycles. The number of ketones is 1. The molecule has 1 unspecified atom stereocenters. The molecule has 1 N–H and O–H groups in total. The molecule has 2 aliphatic rings. The molecule has 0 amide bonds. The lowest BCUT2D eigenvalue weighted by atomic mass is 9.82. The Morgan fingerprint density at radius 2 is 2.00 bits per heavy atom. The fourth-order valence-electron chi connectivity index (χ4n) is 3.61. The number of carbonyl (C=O) groups is 1. The second-order valence-electron chi connectivity index (χ2n) is 7.01. The highest BCUT2D eigenvalue weighted by atomic mass is 19.1. The highest BCUT2D eigenvalue weighted by molar-refractivity contribution is 6.07. The van der Waals surface area contributed by atoms with Crippen molar-refractivity contribution in [2.45, 2.75) is 32.1 Å². The van der Waals surface area contributed by atoms with Crippen molar-refractivity contribution in [1.29, 1.82) is 0 Å². The van der Waals surface area contributed by atoms with Gasteiger partial charge in [-0.05, 0) is 31.5 Å². The lowest BCUT2D eigenvalue weighted by molar-refractivity contribution is -0.0603. The van der Waals surface area contributed by atoms with Crippen molar-refractivity contribution in [2.75, 3.05) is 12.4 Å². The molecule has 2 heterocycles. The zero-order valence-corrected chi connectivity index (χ0v) is 14.1. The van der Waals surface area contributed by atoms with Gasteiger partial charge in [0.2, 0.25) is 6.29 Å². The van der Waals surface area contributed by atoms with E-state index in [1.165, 1.54) is 13.2 Å². The standard InChI is InChI=1S/C19H17F2NO3/c1-19(2)8-14(23)16-13(22-19)5-4-10-11-6-9(20)7-12(21)17(11)25-18(24-3)15(10)16/h4-7,18,22H,8H2,1-3H3. The number of Topliss-reactive ketones (excluding diaryl/α,β-unsaturated/α-hetero) is 1. The molecule has 25 heavy (non-hydrogen) atoms. The van der Waals surface area contributed by atoms with Gasteiger partial charge in [0, 0.05) is 42.0 Å². The summed E-state index contributed by atoms with van der Waals surface area (Å²) >= 11 is 0. The molecule has 2 aromatic rings. The maximum Gasteiger partial charge on any atom is 0.228 e. The fourth-order valence-corrected chi connectivity index (χ4v) is 3.61. The summed E-state index contributed by atoms with van der Waals surface area (Å²) < 4.78 is 38.9. The summed E-state index contributed by atoms with van der Waals surface area (Å²) in [5, 5.41) is 3.33. The molecule has 1 atom stereocenters. The average Bonchev–Trinajstić information content (AvgIpc) is 2.52. The Kier molecular flexibility index (Phi) is 3.37. The quantitative estimate of drug-likeness (QED) is 0.830. The maximum absolute atomic E-state index is 14.2. The van der Waals surface area contributed by atoms with Gasteiger partial charge in [0.05, 0.1) is 5.56 Å². The zero-order chi connectivity index (χ0) is 17.9. The van der Waals surface area contributed by atoms with Gasteiger partial charge < -0.3 is 14.8 Å². The van der Waals surface area contributed by atoms with E-state index in [-0.39, 0.29) is 22.6 Å². The first-order chi connectivity index (χ1) is 11.8. The van der Waals surface area contributed by atoms with Gasteiger partial charge in [-0.15, -0.1) is 0 Å². The molecule has 0 aliphatic carbocycles. The van der Waals surface area contributed by atoms with E-state index in [0.717, 1.165) is 6.07 Å². The number of rotatable bonds is 1. The van der Waals surface area contributed by atoms with E-state index in [4.69, 9.17) is 9.47 Å². The van der Waals surface area contributed by atoms with Gasteiger partial charge in [-0.3, -0.25) is 4.79 Å². The molecule has 0 bridgehead atoms. The van der Waals surface area contributed by atoms with Crippen molar-refractivity contribution in [1.82, 2.24) is 0 Å². The molecule has 0 saturated carbocycles. The summed E-state index contributed by atoms with van der Waals surface area (Å²) in [5.74, 6) is -1.63. The monoisotopic (exact) mass is 345 g/mol. The highest BCUT2D eigenvalue weighted by Gasteiger charge is 2.38. The number of benzene rings is 2. The van der Waals surface area contributed by atoms with Gasteiger partial charge in [-0.2, -0.15) is 0 Å². The fraction of sp³-hybridized carbons (Fsp3) is 0.316. The van der Waals surface area contributed by atoms with Crippen LogP contribution in [0.1, 0.15) is 42.5 Å². The van der Waals surface area contributed by atoms with Crippen LogP contribution in [0.15, 0.2) is 24.3 Å². The van der Waals surface area contributed by atoms with E-state index in [1.54, 1.807) is 12.1 Å². The van der Waals surface area contributed by atoms with Crippen molar-refractivity contribution >= 4 is 11.5 Å². The normalized spacial score (nSPS) is 20.0. The lowest BCUT2D eigenvalue weighted by Crippen LogP contribution is -2.39. The Hall–Kier alpha value is -2.47. The summed E-state index contributed by atoms with van der Waals surface area (Å²) in [7, 11) is 1.42. The van der Waals surface area contributed by atoms with Crippen molar-refractivity contribution in [3.63, 3.8) is 0 Å². The number of methoxy groups -OCH3 is 1. The van der Waals surface area contributed by atoms with Crippen LogP contribution >= 0.6 is 0 Å². The van der Waals surface area contributed by atoms with Gasteiger partial charge >= 0.3 is 0 Å². The molecule has 4 nitrogen and oxygen atoms in total. The van der Waals surface area contributed by atoms with Crippen LogP contribution in [0, 0.1) is 11.6 Å². The molecule has 0 aromatic heterocycles. The Morgan fingerprint density at radius 3 is 2.72 bits per heavy atom.